The summed E-state index contributed by atoms with van der Waals surface area (Å²) in [5, 5.41) is 6.72. The number of amides is 1. The third kappa shape index (κ3) is 2.47. The average molecular weight is 221 g/mol. The molecular weight excluding hydrogens is 210 g/mol. The van der Waals surface area contributed by atoms with Crippen molar-refractivity contribution in [2.45, 2.75) is 13.5 Å². The van der Waals surface area contributed by atoms with Crippen LogP contribution in [0.3, 0.4) is 0 Å². The highest BCUT2D eigenvalue weighted by molar-refractivity contribution is 7.08. The van der Waals surface area contributed by atoms with E-state index in [0.717, 1.165) is 17.1 Å². The molecule has 0 aliphatic carbocycles. The Bertz CT molecular complexity index is 445. The SMILES string of the molecule is CC(=O)NCc1ccc(-c2ccsc2)o1. The number of furan rings is 1. The van der Waals surface area contributed by atoms with E-state index in [1.54, 1.807) is 11.3 Å². The second-order valence-corrected chi connectivity index (χ2v) is 3.97. The van der Waals surface area contributed by atoms with Crippen molar-refractivity contribution in [1.82, 2.24) is 5.32 Å². The monoisotopic (exact) mass is 221 g/mol. The maximum atomic E-state index is 10.7. The summed E-state index contributed by atoms with van der Waals surface area (Å²) in [6.07, 6.45) is 0. The average Bonchev–Trinajstić information content (AvgIpc) is 2.85. The fraction of sp³-hybridized carbons (Fsp3) is 0.182. The predicted molar refractivity (Wildman–Crippen MR) is 59.5 cm³/mol. The zero-order valence-electron chi connectivity index (χ0n) is 8.32. The Morgan fingerprint density at radius 3 is 3.00 bits per heavy atom. The van der Waals surface area contributed by atoms with Gasteiger partial charge in [0.25, 0.3) is 0 Å². The molecule has 1 N–H and O–H groups in total. The van der Waals surface area contributed by atoms with Crippen LogP contribution in [0.15, 0.2) is 33.4 Å². The number of rotatable bonds is 3. The molecule has 0 unspecified atom stereocenters. The van der Waals surface area contributed by atoms with Gasteiger partial charge >= 0.3 is 0 Å². The van der Waals surface area contributed by atoms with Crippen LogP contribution < -0.4 is 5.32 Å². The van der Waals surface area contributed by atoms with Gasteiger partial charge < -0.3 is 9.73 Å². The summed E-state index contributed by atoms with van der Waals surface area (Å²) in [6.45, 7) is 1.93. The summed E-state index contributed by atoms with van der Waals surface area (Å²) >= 11 is 1.63. The van der Waals surface area contributed by atoms with E-state index in [4.69, 9.17) is 4.42 Å². The summed E-state index contributed by atoms with van der Waals surface area (Å²) in [4.78, 5) is 10.7. The Labute approximate surface area is 91.7 Å². The fourth-order valence-electron chi connectivity index (χ4n) is 1.24. The van der Waals surface area contributed by atoms with E-state index in [-0.39, 0.29) is 5.91 Å². The predicted octanol–water partition coefficient (Wildman–Crippen LogP) is 2.64. The van der Waals surface area contributed by atoms with Crippen LogP contribution in [0.25, 0.3) is 11.3 Å². The van der Waals surface area contributed by atoms with Gasteiger partial charge in [0.2, 0.25) is 5.91 Å². The number of carbonyl (C=O) groups is 1. The Hall–Kier alpha value is -1.55. The van der Waals surface area contributed by atoms with Gasteiger partial charge in [-0.25, -0.2) is 0 Å². The summed E-state index contributed by atoms with van der Waals surface area (Å²) in [5.74, 6) is 1.56. The Morgan fingerprint density at radius 2 is 2.33 bits per heavy atom. The Morgan fingerprint density at radius 1 is 1.47 bits per heavy atom. The van der Waals surface area contributed by atoms with Gasteiger partial charge in [-0.15, -0.1) is 0 Å². The van der Waals surface area contributed by atoms with Crippen molar-refractivity contribution in [2.24, 2.45) is 0 Å². The number of thiophene rings is 1. The van der Waals surface area contributed by atoms with E-state index < -0.39 is 0 Å². The summed E-state index contributed by atoms with van der Waals surface area (Å²) in [6, 6.07) is 5.80. The topological polar surface area (TPSA) is 42.2 Å². The highest BCUT2D eigenvalue weighted by Crippen LogP contribution is 2.24. The van der Waals surface area contributed by atoms with Crippen LogP contribution in [-0.4, -0.2) is 5.91 Å². The molecule has 15 heavy (non-hydrogen) atoms. The lowest BCUT2D eigenvalue weighted by Crippen LogP contribution is -2.18. The second-order valence-electron chi connectivity index (χ2n) is 3.19. The van der Waals surface area contributed by atoms with Gasteiger partial charge in [-0.1, -0.05) is 0 Å². The normalized spacial score (nSPS) is 10.2. The lowest BCUT2D eigenvalue weighted by Gasteiger charge is -1.97. The maximum Gasteiger partial charge on any atom is 0.217 e. The molecule has 0 spiro atoms. The molecule has 0 atom stereocenters. The molecule has 0 saturated carbocycles. The van der Waals surface area contributed by atoms with Crippen molar-refractivity contribution < 1.29 is 9.21 Å². The van der Waals surface area contributed by atoms with Crippen molar-refractivity contribution in [1.29, 1.82) is 0 Å². The molecule has 0 aromatic carbocycles. The Balaban J connectivity index is 2.08. The maximum absolute atomic E-state index is 10.7. The summed E-state index contributed by atoms with van der Waals surface area (Å²) < 4.78 is 5.57. The van der Waals surface area contributed by atoms with E-state index in [1.807, 2.05) is 29.0 Å². The minimum atomic E-state index is -0.0523. The van der Waals surface area contributed by atoms with Crippen LogP contribution in [0, 0.1) is 0 Å². The molecule has 2 aromatic heterocycles. The molecular formula is C11H11NO2S. The minimum absolute atomic E-state index is 0.0523. The van der Waals surface area contributed by atoms with Crippen LogP contribution in [0.2, 0.25) is 0 Å². The van der Waals surface area contributed by atoms with Crippen molar-refractivity contribution in [3.8, 4) is 11.3 Å². The first-order chi connectivity index (χ1) is 7.25. The quantitative estimate of drug-likeness (QED) is 0.865. The van der Waals surface area contributed by atoms with Crippen LogP contribution in [-0.2, 0) is 11.3 Å². The van der Waals surface area contributed by atoms with Crippen LogP contribution in [0.5, 0.6) is 0 Å². The van der Waals surface area contributed by atoms with E-state index in [0.29, 0.717) is 6.54 Å². The highest BCUT2D eigenvalue weighted by atomic mass is 32.1. The van der Waals surface area contributed by atoms with Gasteiger partial charge in [-0.2, -0.15) is 11.3 Å². The van der Waals surface area contributed by atoms with Crippen molar-refractivity contribution in [3.05, 3.63) is 34.7 Å². The van der Waals surface area contributed by atoms with Crippen LogP contribution in [0.4, 0.5) is 0 Å². The largest absolute Gasteiger partial charge is 0.459 e. The molecule has 3 nitrogen and oxygen atoms in total. The summed E-state index contributed by atoms with van der Waals surface area (Å²) in [7, 11) is 0. The van der Waals surface area contributed by atoms with Gasteiger partial charge in [0.05, 0.1) is 6.54 Å². The molecule has 0 aliphatic heterocycles. The first kappa shape index (κ1) is 9.98. The molecule has 2 rings (SSSR count). The van der Waals surface area contributed by atoms with E-state index in [2.05, 4.69) is 5.32 Å². The van der Waals surface area contributed by atoms with Gasteiger partial charge in [0, 0.05) is 17.9 Å². The first-order valence-electron chi connectivity index (χ1n) is 4.61. The molecule has 0 aliphatic rings. The van der Waals surface area contributed by atoms with Crippen LogP contribution >= 0.6 is 11.3 Å². The van der Waals surface area contributed by atoms with E-state index >= 15 is 0 Å². The molecule has 2 aromatic rings. The van der Waals surface area contributed by atoms with Crippen molar-refractivity contribution in [3.63, 3.8) is 0 Å². The van der Waals surface area contributed by atoms with Crippen molar-refractivity contribution in [2.75, 3.05) is 0 Å². The number of nitrogens with one attached hydrogen (secondary N) is 1. The smallest absolute Gasteiger partial charge is 0.217 e. The lowest BCUT2D eigenvalue weighted by atomic mass is 10.3. The Kier molecular flexibility index (Phi) is 2.87. The molecule has 0 radical (unpaired) electrons. The standard InChI is InChI=1S/C11H11NO2S/c1-8(13)12-6-10-2-3-11(14-10)9-4-5-15-7-9/h2-5,7H,6H2,1H3,(H,12,13). The molecule has 0 bridgehead atoms. The molecule has 0 saturated heterocycles. The van der Waals surface area contributed by atoms with E-state index in [1.165, 1.54) is 6.92 Å². The lowest BCUT2D eigenvalue weighted by molar-refractivity contribution is -0.119. The van der Waals surface area contributed by atoms with Gasteiger partial charge in [-0.05, 0) is 23.6 Å². The van der Waals surface area contributed by atoms with Crippen LogP contribution in [0.1, 0.15) is 12.7 Å². The van der Waals surface area contributed by atoms with Gasteiger partial charge in [-0.3, -0.25) is 4.79 Å². The van der Waals surface area contributed by atoms with Crippen molar-refractivity contribution >= 4 is 17.2 Å². The second kappa shape index (κ2) is 4.31. The zero-order valence-corrected chi connectivity index (χ0v) is 9.14. The zero-order chi connectivity index (χ0) is 10.7. The van der Waals surface area contributed by atoms with E-state index in [9.17, 15) is 4.79 Å². The minimum Gasteiger partial charge on any atom is -0.459 e. The molecule has 2 heterocycles. The molecule has 4 heteroatoms. The van der Waals surface area contributed by atoms with Gasteiger partial charge in [0.1, 0.15) is 11.5 Å². The van der Waals surface area contributed by atoms with Gasteiger partial charge in [0.15, 0.2) is 0 Å². The molecule has 0 fully saturated rings. The molecule has 78 valence electrons. The number of hydrogen-bond donors (Lipinski definition) is 1. The third-order valence-corrected chi connectivity index (χ3v) is 2.66. The molecule has 1 amide bonds. The fourth-order valence-corrected chi connectivity index (χ4v) is 1.89. The third-order valence-electron chi connectivity index (χ3n) is 1.98. The highest BCUT2D eigenvalue weighted by Gasteiger charge is 2.04. The first-order valence-corrected chi connectivity index (χ1v) is 5.56. The number of carbonyl (C=O) groups excluding carboxylic acids is 1. The summed E-state index contributed by atoms with van der Waals surface area (Å²) in [5.41, 5.74) is 1.08. The number of hydrogen-bond acceptors (Lipinski definition) is 3.